The Hall–Kier alpha value is -1.47. The zero-order valence-corrected chi connectivity index (χ0v) is 11.7. The van der Waals surface area contributed by atoms with E-state index in [1.54, 1.807) is 0 Å². The van der Waals surface area contributed by atoms with Crippen LogP contribution < -0.4 is 0 Å². The molecule has 1 fully saturated rings. The third kappa shape index (κ3) is 3.40. The van der Waals surface area contributed by atoms with Gasteiger partial charge >= 0.3 is 5.97 Å². The van der Waals surface area contributed by atoms with Gasteiger partial charge in [-0.2, -0.15) is 0 Å². The summed E-state index contributed by atoms with van der Waals surface area (Å²) in [6.45, 7) is -1.26. The maximum absolute atomic E-state index is 11.0. The van der Waals surface area contributed by atoms with Crippen LogP contribution in [0.1, 0.15) is 0 Å². The van der Waals surface area contributed by atoms with Crippen LogP contribution in [0.25, 0.3) is 0 Å². The molecule has 2 rings (SSSR count). The molecule has 7 atom stereocenters. The predicted octanol–water partition coefficient (Wildman–Crippen LogP) is -3.58. The monoisotopic (exact) mass is 338 g/mol. The average molecular weight is 338 g/mol. The highest BCUT2D eigenvalue weighted by atomic mass is 16.7. The molecule has 11 nitrogen and oxygen atoms in total. The second-order valence-corrected chi connectivity index (χ2v) is 5.16. The predicted molar refractivity (Wildman–Crippen MR) is 67.9 cm³/mol. The Morgan fingerprint density at radius 3 is 2.30 bits per heavy atom. The van der Waals surface area contributed by atoms with Gasteiger partial charge < -0.3 is 50.0 Å². The summed E-state index contributed by atoms with van der Waals surface area (Å²) in [4.78, 5) is 11.0. The molecule has 0 aromatic carbocycles. The summed E-state index contributed by atoms with van der Waals surface area (Å²) in [5.74, 6) is -3.10. The molecule has 2 aliphatic heterocycles. The number of hydrogen-bond donors (Lipinski definition) is 7. The minimum atomic E-state index is -1.66. The van der Waals surface area contributed by atoms with Crippen LogP contribution in [0, 0.1) is 0 Å². The van der Waals surface area contributed by atoms with Crippen molar-refractivity contribution in [3.05, 3.63) is 11.5 Å². The van der Waals surface area contributed by atoms with E-state index in [1.165, 1.54) is 0 Å². The first-order valence-electron chi connectivity index (χ1n) is 6.71. The summed E-state index contributed by atoms with van der Waals surface area (Å²) in [5, 5.41) is 66.3. The van der Waals surface area contributed by atoms with Gasteiger partial charge in [-0.15, -0.1) is 0 Å². The molecule has 0 aromatic heterocycles. The highest BCUT2D eigenvalue weighted by Crippen LogP contribution is 2.24. The lowest BCUT2D eigenvalue weighted by Crippen LogP contribution is -2.59. The van der Waals surface area contributed by atoms with Crippen molar-refractivity contribution < 1.29 is 54.8 Å². The number of aliphatic hydroxyl groups is 7. The maximum atomic E-state index is 11.0. The van der Waals surface area contributed by atoms with Gasteiger partial charge in [-0.1, -0.05) is 0 Å². The molecule has 0 aromatic rings. The zero-order chi connectivity index (χ0) is 17.3. The Morgan fingerprint density at radius 2 is 1.78 bits per heavy atom. The van der Waals surface area contributed by atoms with Crippen molar-refractivity contribution in [2.24, 2.45) is 0 Å². The molecule has 11 heteroatoms. The molecular formula is C12H18O11. The van der Waals surface area contributed by atoms with Crippen LogP contribution in [0.15, 0.2) is 11.5 Å². The number of carbonyl (C=O) groups is 1. The van der Waals surface area contributed by atoms with E-state index in [0.29, 0.717) is 0 Å². The summed E-state index contributed by atoms with van der Waals surface area (Å²) >= 11 is 0. The molecule has 0 amide bonds. The summed E-state index contributed by atoms with van der Waals surface area (Å²) in [6.07, 6.45) is -10.7. The Kier molecular flexibility index (Phi) is 5.41. The van der Waals surface area contributed by atoms with Gasteiger partial charge in [0.15, 0.2) is 18.2 Å². The number of aliphatic hydroxyl groups excluding tert-OH is 7. The molecule has 23 heavy (non-hydrogen) atoms. The van der Waals surface area contributed by atoms with Crippen LogP contribution in [-0.4, -0.2) is 97.8 Å². The molecule has 7 N–H and O–H groups in total. The molecule has 0 spiro atoms. The summed E-state index contributed by atoms with van der Waals surface area (Å²) in [7, 11) is 0. The Balaban J connectivity index is 1.94. The van der Waals surface area contributed by atoms with Crippen molar-refractivity contribution >= 4 is 5.97 Å². The van der Waals surface area contributed by atoms with Crippen LogP contribution in [0.3, 0.4) is 0 Å². The molecule has 2 aliphatic rings. The minimum absolute atomic E-state index is 0.613. The van der Waals surface area contributed by atoms with Gasteiger partial charge in [-0.05, 0) is 0 Å². The number of esters is 1. The maximum Gasteiger partial charge on any atom is 0.377 e. The van der Waals surface area contributed by atoms with Gasteiger partial charge in [0.25, 0.3) is 0 Å². The topological polar surface area (TPSA) is 186 Å². The van der Waals surface area contributed by atoms with Crippen LogP contribution in [0.4, 0.5) is 0 Å². The standard InChI is InChI=1S/C12H18O11/c13-1-4-5(15)6(16)9(19)12(22-4)21-2-3(14)10-7(17)8(18)11(20)23-10/h3-6,9-10,12-19H,1-2H2/t3-,4+,5-,6-,9+,10+,12-/m0/s1. The molecule has 0 bridgehead atoms. The van der Waals surface area contributed by atoms with Gasteiger partial charge in [-0.25, -0.2) is 4.79 Å². The normalized spacial score (nSPS) is 39.4. The fraction of sp³-hybridized carbons (Fsp3) is 0.750. The highest BCUT2D eigenvalue weighted by Gasteiger charge is 2.45. The molecule has 2 heterocycles. The summed E-state index contributed by atoms with van der Waals surface area (Å²) < 4.78 is 14.6. The lowest BCUT2D eigenvalue weighted by atomic mass is 9.99. The lowest BCUT2D eigenvalue weighted by Gasteiger charge is -2.39. The third-order valence-electron chi connectivity index (χ3n) is 3.57. The van der Waals surface area contributed by atoms with E-state index in [9.17, 15) is 30.3 Å². The van der Waals surface area contributed by atoms with E-state index < -0.39 is 73.6 Å². The largest absolute Gasteiger partial charge is 0.505 e. The molecule has 0 aliphatic carbocycles. The van der Waals surface area contributed by atoms with E-state index in [-0.39, 0.29) is 0 Å². The van der Waals surface area contributed by atoms with Crippen molar-refractivity contribution in [2.75, 3.05) is 13.2 Å². The molecule has 132 valence electrons. The second-order valence-electron chi connectivity index (χ2n) is 5.16. The molecule has 1 saturated heterocycles. The fourth-order valence-electron chi connectivity index (χ4n) is 2.21. The molecular weight excluding hydrogens is 320 g/mol. The smallest absolute Gasteiger partial charge is 0.377 e. The van der Waals surface area contributed by atoms with Gasteiger partial charge in [-0.3, -0.25) is 0 Å². The van der Waals surface area contributed by atoms with Gasteiger partial charge in [0.1, 0.15) is 30.5 Å². The minimum Gasteiger partial charge on any atom is -0.505 e. The molecule has 0 unspecified atom stereocenters. The zero-order valence-electron chi connectivity index (χ0n) is 11.7. The molecule has 0 saturated carbocycles. The highest BCUT2D eigenvalue weighted by molar-refractivity contribution is 5.89. The van der Waals surface area contributed by atoms with E-state index in [4.69, 9.17) is 19.7 Å². The van der Waals surface area contributed by atoms with Crippen LogP contribution >= 0.6 is 0 Å². The van der Waals surface area contributed by atoms with E-state index in [0.717, 1.165) is 0 Å². The Labute approximate surface area is 129 Å². The summed E-state index contributed by atoms with van der Waals surface area (Å²) in [5.41, 5.74) is 0. The third-order valence-corrected chi connectivity index (χ3v) is 3.57. The first-order valence-corrected chi connectivity index (χ1v) is 6.71. The van der Waals surface area contributed by atoms with Crippen molar-refractivity contribution in [3.8, 4) is 0 Å². The number of rotatable bonds is 5. The average Bonchev–Trinajstić information content (AvgIpc) is 2.79. The van der Waals surface area contributed by atoms with Gasteiger partial charge in [0, 0.05) is 0 Å². The summed E-state index contributed by atoms with van der Waals surface area (Å²) in [6, 6.07) is 0. The SMILES string of the molecule is O=C1O[C@H]([C@@H](O)CO[C@H]2O[C@H](CO)[C@H](O)[C@H](O)[C@H]2O)C(O)=C1O. The van der Waals surface area contributed by atoms with E-state index in [1.807, 2.05) is 0 Å². The van der Waals surface area contributed by atoms with Crippen molar-refractivity contribution in [3.63, 3.8) is 0 Å². The number of hydrogen-bond acceptors (Lipinski definition) is 11. The quantitative estimate of drug-likeness (QED) is 0.246. The molecule has 0 radical (unpaired) electrons. The van der Waals surface area contributed by atoms with E-state index >= 15 is 0 Å². The van der Waals surface area contributed by atoms with Crippen LogP contribution in [0.5, 0.6) is 0 Å². The van der Waals surface area contributed by atoms with Gasteiger partial charge in [0.05, 0.1) is 13.2 Å². The van der Waals surface area contributed by atoms with E-state index in [2.05, 4.69) is 4.74 Å². The lowest BCUT2D eigenvalue weighted by molar-refractivity contribution is -0.305. The van der Waals surface area contributed by atoms with Crippen molar-refractivity contribution in [1.29, 1.82) is 0 Å². The first-order chi connectivity index (χ1) is 10.8. The first kappa shape index (κ1) is 17.9. The number of ether oxygens (including phenoxy) is 3. The second kappa shape index (κ2) is 6.97. The van der Waals surface area contributed by atoms with Crippen LogP contribution in [0.2, 0.25) is 0 Å². The van der Waals surface area contributed by atoms with Crippen molar-refractivity contribution in [1.82, 2.24) is 0 Å². The Morgan fingerprint density at radius 1 is 1.13 bits per heavy atom. The Bertz CT molecular complexity index is 476. The van der Waals surface area contributed by atoms with Crippen molar-refractivity contribution in [2.45, 2.75) is 42.9 Å². The van der Waals surface area contributed by atoms with Crippen LogP contribution in [-0.2, 0) is 19.0 Å². The fourth-order valence-corrected chi connectivity index (χ4v) is 2.21. The number of carbonyl (C=O) groups excluding carboxylic acids is 1. The van der Waals surface area contributed by atoms with Gasteiger partial charge in [0.2, 0.25) is 5.76 Å². The number of cyclic esters (lactones) is 1.